The Labute approximate surface area is 187 Å². The molecular weight excluding hydrogens is 440 g/mol. The van der Waals surface area contributed by atoms with Gasteiger partial charge in [-0.2, -0.15) is 8.78 Å². The highest BCUT2D eigenvalue weighted by molar-refractivity contribution is 8.15. The van der Waals surface area contributed by atoms with Crippen molar-refractivity contribution < 1.29 is 27.8 Å². The van der Waals surface area contributed by atoms with Gasteiger partial charge < -0.3 is 14.8 Å². The number of ether oxygens (including phenoxy) is 2. The second-order valence-electron chi connectivity index (χ2n) is 7.27. The van der Waals surface area contributed by atoms with E-state index in [4.69, 9.17) is 4.74 Å². The summed E-state index contributed by atoms with van der Waals surface area (Å²) in [4.78, 5) is 31.8. The smallest absolute Gasteiger partial charge is 0.387 e. The molecule has 7 nitrogen and oxygen atoms in total. The first-order valence-electron chi connectivity index (χ1n) is 10.0. The average Bonchev–Trinajstić information content (AvgIpc) is 3.55. The summed E-state index contributed by atoms with van der Waals surface area (Å²) in [6, 6.07) is 13.0. The summed E-state index contributed by atoms with van der Waals surface area (Å²) >= 11 is 1.24. The van der Waals surface area contributed by atoms with E-state index < -0.39 is 11.9 Å². The molecule has 2 aliphatic rings. The zero-order valence-corrected chi connectivity index (χ0v) is 18.0. The van der Waals surface area contributed by atoms with Gasteiger partial charge in [-0.25, -0.2) is 4.99 Å². The highest BCUT2D eigenvalue weighted by atomic mass is 32.2. The van der Waals surface area contributed by atoms with Crippen LogP contribution in [-0.4, -0.2) is 46.9 Å². The van der Waals surface area contributed by atoms with Crippen LogP contribution in [-0.2, 0) is 9.59 Å². The quantitative estimate of drug-likeness (QED) is 0.630. The minimum Gasteiger partial charge on any atom is -0.495 e. The number of hydrogen-bond acceptors (Lipinski definition) is 6. The molecule has 2 fully saturated rings. The second-order valence-corrected chi connectivity index (χ2v) is 8.44. The molecule has 2 amide bonds. The molecule has 0 spiro atoms. The van der Waals surface area contributed by atoms with E-state index in [-0.39, 0.29) is 30.0 Å². The number of alkyl halides is 2. The minimum absolute atomic E-state index is 0.00897. The normalized spacial score (nSPS) is 19.5. The zero-order chi connectivity index (χ0) is 22.7. The Bertz CT molecular complexity index is 1030. The van der Waals surface area contributed by atoms with Crippen LogP contribution in [0.1, 0.15) is 19.3 Å². The van der Waals surface area contributed by atoms with Crippen LogP contribution in [0.25, 0.3) is 0 Å². The molecule has 1 saturated carbocycles. The van der Waals surface area contributed by atoms with Crippen molar-refractivity contribution in [3.63, 3.8) is 0 Å². The van der Waals surface area contributed by atoms with Crippen LogP contribution in [0.5, 0.6) is 11.5 Å². The summed E-state index contributed by atoms with van der Waals surface area (Å²) in [5.41, 5.74) is 1.04. The summed E-state index contributed by atoms with van der Waals surface area (Å²) in [5.74, 6) is 0.117. The number of methoxy groups -OCH3 is 1. The summed E-state index contributed by atoms with van der Waals surface area (Å²) < 4.78 is 34.2. The van der Waals surface area contributed by atoms with Crippen molar-refractivity contribution in [1.82, 2.24) is 4.90 Å². The number of hydrogen-bond donors (Lipinski definition) is 1. The maximum absolute atomic E-state index is 13.0. The van der Waals surface area contributed by atoms with E-state index >= 15 is 0 Å². The van der Waals surface area contributed by atoms with Gasteiger partial charge in [0.05, 0.1) is 18.5 Å². The molecule has 0 radical (unpaired) electrons. The maximum Gasteiger partial charge on any atom is 0.387 e. The number of anilines is 1. The number of aliphatic imine (C=N–C) groups is 1. The molecule has 1 atom stereocenters. The van der Waals surface area contributed by atoms with Gasteiger partial charge in [-0.15, -0.1) is 0 Å². The monoisotopic (exact) mass is 461 g/mol. The van der Waals surface area contributed by atoms with Gasteiger partial charge in [0.1, 0.15) is 16.7 Å². The molecule has 4 rings (SSSR count). The van der Waals surface area contributed by atoms with Gasteiger partial charge in [0.15, 0.2) is 5.17 Å². The van der Waals surface area contributed by atoms with E-state index in [1.165, 1.54) is 31.0 Å². The Balaban J connectivity index is 1.46. The van der Waals surface area contributed by atoms with Crippen LogP contribution in [0, 0.1) is 0 Å². The summed E-state index contributed by atoms with van der Waals surface area (Å²) in [6.45, 7) is -2.90. The van der Waals surface area contributed by atoms with Crippen molar-refractivity contribution >= 4 is 40.1 Å². The summed E-state index contributed by atoms with van der Waals surface area (Å²) in [5, 5.41) is 2.71. The molecule has 1 N–H and O–H groups in total. The van der Waals surface area contributed by atoms with Gasteiger partial charge in [-0.1, -0.05) is 23.9 Å². The van der Waals surface area contributed by atoms with Crippen molar-refractivity contribution in [3.8, 4) is 11.5 Å². The molecular formula is C22H21F2N3O4S. The highest BCUT2D eigenvalue weighted by Gasteiger charge is 2.46. The number of carbonyl (C=O) groups is 2. The van der Waals surface area contributed by atoms with Crippen LogP contribution in [0.2, 0.25) is 0 Å². The van der Waals surface area contributed by atoms with Crippen molar-refractivity contribution in [2.24, 2.45) is 4.99 Å². The van der Waals surface area contributed by atoms with Crippen LogP contribution in [0.3, 0.4) is 0 Å². The predicted molar refractivity (Wildman–Crippen MR) is 118 cm³/mol. The fourth-order valence-corrected chi connectivity index (χ4v) is 4.51. The highest BCUT2D eigenvalue weighted by Crippen LogP contribution is 2.39. The lowest BCUT2D eigenvalue weighted by Crippen LogP contribution is -2.35. The number of amides is 2. The van der Waals surface area contributed by atoms with E-state index in [9.17, 15) is 18.4 Å². The third kappa shape index (κ3) is 5.18. The first-order valence-corrected chi connectivity index (χ1v) is 10.9. The molecule has 32 heavy (non-hydrogen) atoms. The third-order valence-corrected chi connectivity index (χ3v) is 6.07. The number of thioether (sulfide) groups is 1. The van der Waals surface area contributed by atoms with E-state index in [0.717, 1.165) is 12.8 Å². The molecule has 1 saturated heterocycles. The topological polar surface area (TPSA) is 80.2 Å². The van der Waals surface area contributed by atoms with Gasteiger partial charge in [0.25, 0.3) is 0 Å². The molecule has 1 aliphatic carbocycles. The summed E-state index contributed by atoms with van der Waals surface area (Å²) in [7, 11) is 1.52. The molecule has 10 heteroatoms. The lowest BCUT2D eigenvalue weighted by molar-refractivity contribution is -0.128. The largest absolute Gasteiger partial charge is 0.495 e. The zero-order valence-electron chi connectivity index (χ0n) is 17.2. The molecule has 2 aromatic carbocycles. The van der Waals surface area contributed by atoms with Crippen LogP contribution < -0.4 is 14.8 Å². The fourth-order valence-electron chi connectivity index (χ4n) is 3.29. The fraction of sp³-hybridized carbons (Fsp3) is 0.318. The standard InChI is InChI=1S/C22H21F2N3O4S/c1-30-17-5-3-2-4-16(17)26-19(28)12-18-20(29)27(14-8-9-14)22(32-18)25-13-6-10-15(11-7-13)31-21(23)24/h2-7,10-11,14,18,21H,8-9,12H2,1H3,(H,26,28). The van der Waals surface area contributed by atoms with E-state index in [0.29, 0.717) is 22.3 Å². The number of halogens is 2. The van der Waals surface area contributed by atoms with Gasteiger partial charge in [0.2, 0.25) is 11.8 Å². The molecule has 2 aromatic rings. The number of amidine groups is 1. The first-order chi connectivity index (χ1) is 15.4. The van der Waals surface area contributed by atoms with E-state index in [1.54, 1.807) is 41.3 Å². The Morgan fingerprint density at radius 2 is 1.94 bits per heavy atom. The second kappa shape index (κ2) is 9.56. The Morgan fingerprint density at radius 1 is 1.22 bits per heavy atom. The predicted octanol–water partition coefficient (Wildman–Crippen LogP) is 4.42. The molecule has 0 bridgehead atoms. The van der Waals surface area contributed by atoms with Crippen LogP contribution in [0.4, 0.5) is 20.2 Å². The van der Waals surface area contributed by atoms with Gasteiger partial charge >= 0.3 is 6.61 Å². The number of carbonyl (C=O) groups excluding carboxylic acids is 2. The van der Waals surface area contributed by atoms with Crippen molar-refractivity contribution in [2.75, 3.05) is 12.4 Å². The van der Waals surface area contributed by atoms with Crippen molar-refractivity contribution in [1.29, 1.82) is 0 Å². The van der Waals surface area contributed by atoms with Gasteiger partial charge in [-0.3, -0.25) is 14.5 Å². The minimum atomic E-state index is -2.90. The lowest BCUT2D eigenvalue weighted by Gasteiger charge is -2.15. The number of para-hydroxylation sites is 2. The third-order valence-electron chi connectivity index (χ3n) is 4.92. The van der Waals surface area contributed by atoms with E-state index in [1.807, 2.05) is 0 Å². The summed E-state index contributed by atoms with van der Waals surface area (Å²) in [6.07, 6.45) is 1.75. The Morgan fingerprint density at radius 3 is 2.59 bits per heavy atom. The lowest BCUT2D eigenvalue weighted by atomic mass is 10.2. The number of nitrogens with zero attached hydrogens (tertiary/aromatic N) is 2. The molecule has 1 unspecified atom stereocenters. The maximum atomic E-state index is 13.0. The SMILES string of the molecule is COc1ccccc1NC(=O)CC1SC(=Nc2ccc(OC(F)F)cc2)N(C2CC2)C1=O. The number of benzene rings is 2. The van der Waals surface area contributed by atoms with Gasteiger partial charge in [0, 0.05) is 12.5 Å². The van der Waals surface area contributed by atoms with Crippen LogP contribution >= 0.6 is 11.8 Å². The van der Waals surface area contributed by atoms with Crippen LogP contribution in [0.15, 0.2) is 53.5 Å². The Hall–Kier alpha value is -3.14. The molecule has 168 valence electrons. The molecule has 1 heterocycles. The first kappa shape index (κ1) is 22.1. The number of nitrogens with one attached hydrogen (secondary N) is 1. The molecule has 1 aliphatic heterocycles. The molecule has 0 aromatic heterocycles. The van der Waals surface area contributed by atoms with Crippen molar-refractivity contribution in [3.05, 3.63) is 48.5 Å². The average molecular weight is 461 g/mol. The van der Waals surface area contributed by atoms with Crippen molar-refractivity contribution in [2.45, 2.75) is 37.2 Å². The number of rotatable bonds is 8. The van der Waals surface area contributed by atoms with Gasteiger partial charge in [-0.05, 0) is 49.2 Å². The van der Waals surface area contributed by atoms with E-state index in [2.05, 4.69) is 15.0 Å². The Kier molecular flexibility index (Phi) is 6.59.